The summed E-state index contributed by atoms with van der Waals surface area (Å²) in [5.41, 5.74) is -1.58. The zero-order valence-corrected chi connectivity index (χ0v) is 12.9. The third-order valence-corrected chi connectivity index (χ3v) is 4.39. The molecular weight excluding hydrogens is 329 g/mol. The number of carboxylic acids is 1. The van der Waals surface area contributed by atoms with Crippen LogP contribution in [0.3, 0.4) is 0 Å². The molecule has 1 aromatic rings. The zero-order valence-electron chi connectivity index (χ0n) is 11.4. The molecule has 1 saturated heterocycles. The molecule has 4 rings (SSSR count). The number of halogens is 2. The number of carbonyl (C=O) groups excluding carboxylic acids is 1. The van der Waals surface area contributed by atoms with Gasteiger partial charge in [-0.1, -0.05) is 35.4 Å². The molecule has 3 aliphatic rings. The van der Waals surface area contributed by atoms with Crippen LogP contribution in [0.1, 0.15) is 12.8 Å². The van der Waals surface area contributed by atoms with E-state index in [1.807, 2.05) is 0 Å². The van der Waals surface area contributed by atoms with E-state index in [0.717, 1.165) is 0 Å². The van der Waals surface area contributed by atoms with Crippen molar-refractivity contribution in [1.82, 2.24) is 0 Å². The maximum Gasteiger partial charge on any atom is 0.346 e. The molecule has 0 saturated carbocycles. The first-order chi connectivity index (χ1) is 10.4. The number of rotatable bonds is 3. The Hall–Kier alpha value is -1.56. The van der Waals surface area contributed by atoms with Gasteiger partial charge in [0.2, 0.25) is 0 Å². The summed E-state index contributed by atoms with van der Waals surface area (Å²) in [6.45, 7) is 0. The van der Waals surface area contributed by atoms with Crippen molar-refractivity contribution >= 4 is 40.8 Å². The number of anilines is 1. The molecule has 1 amide bonds. The molecule has 5 nitrogen and oxygen atoms in total. The van der Waals surface area contributed by atoms with Crippen molar-refractivity contribution in [1.29, 1.82) is 0 Å². The number of hydrogen-bond donors (Lipinski definition) is 2. The molecule has 1 aliphatic carbocycles. The lowest BCUT2D eigenvalue weighted by Crippen LogP contribution is -2.62. The maximum atomic E-state index is 12.6. The second-order valence-electron chi connectivity index (χ2n) is 5.38. The standard InChI is InChI=1S/C15H13Cl2NO4/c16-9-5-10(17)7-11(6-9)18-13(19)15(14(20)21)8-1-3-12(22-15)4-2-8/h1,3,5-8,12H,2,4H2,(H,18,19)(H,20,21). The van der Waals surface area contributed by atoms with E-state index >= 15 is 0 Å². The molecule has 3 unspecified atom stereocenters. The van der Waals surface area contributed by atoms with Crippen molar-refractivity contribution in [2.24, 2.45) is 5.92 Å². The third kappa shape index (κ3) is 2.49. The molecule has 0 aromatic heterocycles. The summed E-state index contributed by atoms with van der Waals surface area (Å²) in [5.74, 6) is -2.51. The molecule has 0 spiro atoms. The number of ether oxygens (including phenoxy) is 1. The first-order valence-corrected chi connectivity index (χ1v) is 7.54. The van der Waals surface area contributed by atoms with Gasteiger partial charge >= 0.3 is 5.97 Å². The van der Waals surface area contributed by atoms with Gasteiger partial charge in [-0.05, 0) is 31.0 Å². The van der Waals surface area contributed by atoms with Gasteiger partial charge in [-0.25, -0.2) is 4.79 Å². The molecule has 22 heavy (non-hydrogen) atoms. The number of fused-ring (bicyclic) bond motifs is 2. The summed E-state index contributed by atoms with van der Waals surface area (Å²) in [6, 6.07) is 4.52. The molecule has 0 radical (unpaired) electrons. The van der Waals surface area contributed by atoms with Crippen LogP contribution in [-0.4, -0.2) is 28.7 Å². The Bertz CT molecular complexity index is 655. The van der Waals surface area contributed by atoms with E-state index in [9.17, 15) is 14.7 Å². The van der Waals surface area contributed by atoms with Gasteiger partial charge in [0.15, 0.2) is 0 Å². The minimum atomic E-state index is -1.91. The van der Waals surface area contributed by atoms with Crippen LogP contribution in [-0.2, 0) is 14.3 Å². The summed E-state index contributed by atoms with van der Waals surface area (Å²) in [7, 11) is 0. The average molecular weight is 342 g/mol. The normalized spacial score (nSPS) is 29.4. The Balaban J connectivity index is 1.91. The van der Waals surface area contributed by atoms with Crippen molar-refractivity contribution < 1.29 is 19.4 Å². The van der Waals surface area contributed by atoms with Crippen LogP contribution in [0.5, 0.6) is 0 Å². The molecule has 2 N–H and O–H groups in total. The molecule has 2 bridgehead atoms. The van der Waals surface area contributed by atoms with E-state index in [1.54, 1.807) is 12.2 Å². The van der Waals surface area contributed by atoms with Crippen molar-refractivity contribution in [2.45, 2.75) is 24.5 Å². The Morgan fingerprint density at radius 3 is 2.32 bits per heavy atom. The minimum absolute atomic E-state index is 0.331. The number of aliphatic carboxylic acids is 1. The van der Waals surface area contributed by atoms with Gasteiger partial charge in [-0.3, -0.25) is 4.79 Å². The predicted molar refractivity (Wildman–Crippen MR) is 82.2 cm³/mol. The van der Waals surface area contributed by atoms with E-state index in [1.165, 1.54) is 18.2 Å². The fraction of sp³-hybridized carbons (Fsp3) is 0.333. The highest BCUT2D eigenvalue weighted by molar-refractivity contribution is 6.35. The van der Waals surface area contributed by atoms with Gasteiger partial charge in [0.1, 0.15) is 0 Å². The summed E-state index contributed by atoms with van der Waals surface area (Å²) in [5, 5.41) is 12.8. The number of nitrogens with one attached hydrogen (secondary N) is 1. The fourth-order valence-corrected chi connectivity index (χ4v) is 3.46. The van der Waals surface area contributed by atoms with Crippen molar-refractivity contribution in [3.05, 3.63) is 40.4 Å². The molecular formula is C15H13Cl2NO4. The van der Waals surface area contributed by atoms with E-state index in [2.05, 4.69) is 5.32 Å². The van der Waals surface area contributed by atoms with Gasteiger partial charge < -0.3 is 15.2 Å². The topological polar surface area (TPSA) is 75.6 Å². The van der Waals surface area contributed by atoms with Gasteiger partial charge in [0.05, 0.1) is 6.10 Å². The highest BCUT2D eigenvalue weighted by atomic mass is 35.5. The van der Waals surface area contributed by atoms with Crippen LogP contribution in [0.4, 0.5) is 5.69 Å². The third-order valence-electron chi connectivity index (χ3n) is 3.96. The molecule has 1 fully saturated rings. The Morgan fingerprint density at radius 1 is 1.18 bits per heavy atom. The lowest BCUT2D eigenvalue weighted by molar-refractivity contribution is -0.192. The molecule has 3 atom stereocenters. The summed E-state index contributed by atoms with van der Waals surface area (Å²) in [6.07, 6.45) is 4.51. The monoisotopic (exact) mass is 341 g/mol. The summed E-state index contributed by atoms with van der Waals surface area (Å²) >= 11 is 11.8. The molecule has 2 aliphatic heterocycles. The largest absolute Gasteiger partial charge is 0.479 e. The first kappa shape index (κ1) is 15.3. The Morgan fingerprint density at radius 2 is 1.86 bits per heavy atom. The second kappa shape index (κ2) is 5.57. The first-order valence-electron chi connectivity index (χ1n) is 6.79. The Labute approximate surface area is 136 Å². The van der Waals surface area contributed by atoms with Gasteiger partial charge in [-0.15, -0.1) is 0 Å². The van der Waals surface area contributed by atoms with Crippen molar-refractivity contribution in [3.8, 4) is 0 Å². The lowest BCUT2D eigenvalue weighted by atomic mass is 9.75. The van der Waals surface area contributed by atoms with Crippen LogP contribution < -0.4 is 5.32 Å². The van der Waals surface area contributed by atoms with Gasteiger partial charge in [0.25, 0.3) is 11.5 Å². The van der Waals surface area contributed by atoms with Crippen molar-refractivity contribution in [2.75, 3.05) is 5.32 Å². The van der Waals surface area contributed by atoms with Crippen LogP contribution in [0.15, 0.2) is 30.4 Å². The van der Waals surface area contributed by atoms with Crippen LogP contribution >= 0.6 is 23.2 Å². The van der Waals surface area contributed by atoms with Crippen LogP contribution in [0.25, 0.3) is 0 Å². The lowest BCUT2D eigenvalue weighted by Gasteiger charge is -2.44. The van der Waals surface area contributed by atoms with E-state index in [4.69, 9.17) is 27.9 Å². The molecule has 1 aromatic carbocycles. The highest BCUT2D eigenvalue weighted by Crippen LogP contribution is 2.41. The van der Waals surface area contributed by atoms with E-state index in [0.29, 0.717) is 28.6 Å². The second-order valence-corrected chi connectivity index (χ2v) is 6.25. The molecule has 7 heteroatoms. The maximum absolute atomic E-state index is 12.6. The smallest absolute Gasteiger partial charge is 0.346 e. The number of hydrogen-bond acceptors (Lipinski definition) is 3. The quantitative estimate of drug-likeness (QED) is 0.654. The SMILES string of the molecule is O=C(O)C1(C(=O)Nc2cc(Cl)cc(Cl)c2)OC2C=CC1CC2. The zero-order chi connectivity index (χ0) is 15.9. The Kier molecular flexibility index (Phi) is 3.89. The minimum Gasteiger partial charge on any atom is -0.479 e. The van der Waals surface area contributed by atoms with Crippen molar-refractivity contribution in [3.63, 3.8) is 0 Å². The predicted octanol–water partition coefficient (Wildman–Crippen LogP) is 3.12. The average Bonchev–Trinajstić information content (AvgIpc) is 2.46. The van der Waals surface area contributed by atoms with E-state index in [-0.39, 0.29) is 6.10 Å². The van der Waals surface area contributed by atoms with Crippen LogP contribution in [0, 0.1) is 5.92 Å². The summed E-state index contributed by atoms with van der Waals surface area (Å²) in [4.78, 5) is 24.4. The van der Waals surface area contributed by atoms with Gasteiger partial charge in [-0.2, -0.15) is 0 Å². The highest BCUT2D eigenvalue weighted by Gasteiger charge is 2.58. The number of benzene rings is 1. The summed E-state index contributed by atoms with van der Waals surface area (Å²) < 4.78 is 5.56. The fourth-order valence-electron chi connectivity index (χ4n) is 2.94. The van der Waals surface area contributed by atoms with E-state index < -0.39 is 23.4 Å². The van der Waals surface area contributed by atoms with Crippen LogP contribution in [0.2, 0.25) is 10.0 Å². The number of carbonyl (C=O) groups is 2. The molecule has 2 heterocycles. The number of carboxylic acid groups (broad SMARTS) is 1. The van der Waals surface area contributed by atoms with Gasteiger partial charge in [0, 0.05) is 21.7 Å². The number of amides is 1. The molecule has 116 valence electrons.